The summed E-state index contributed by atoms with van der Waals surface area (Å²) in [4.78, 5) is 27.9. The van der Waals surface area contributed by atoms with E-state index in [1.165, 1.54) is 6.08 Å². The molecule has 0 spiro atoms. The lowest BCUT2D eigenvalue weighted by Crippen LogP contribution is -2.50. The van der Waals surface area contributed by atoms with Crippen LogP contribution in [0.2, 0.25) is 10.0 Å². The molecule has 2 aromatic rings. The number of rotatable bonds is 6. The van der Waals surface area contributed by atoms with Gasteiger partial charge in [0, 0.05) is 43.2 Å². The number of benzene rings is 2. The fourth-order valence-electron chi connectivity index (χ4n) is 3.57. The first-order valence-corrected chi connectivity index (χ1v) is 10.5. The molecular formula is C23H24Cl2N2O3. The van der Waals surface area contributed by atoms with Crippen LogP contribution >= 0.6 is 23.2 Å². The van der Waals surface area contributed by atoms with Crippen molar-refractivity contribution in [3.63, 3.8) is 0 Å². The van der Waals surface area contributed by atoms with E-state index < -0.39 is 0 Å². The molecule has 0 atom stereocenters. The van der Waals surface area contributed by atoms with Crippen LogP contribution in [0.5, 0.6) is 5.75 Å². The fourth-order valence-corrected chi connectivity index (χ4v) is 4.02. The number of methoxy groups -OCH3 is 1. The van der Waals surface area contributed by atoms with Crippen molar-refractivity contribution >= 4 is 35.0 Å². The van der Waals surface area contributed by atoms with Gasteiger partial charge in [0.25, 0.3) is 0 Å². The molecule has 0 radical (unpaired) electrons. The number of halogens is 2. The van der Waals surface area contributed by atoms with Gasteiger partial charge in [0.1, 0.15) is 5.75 Å². The van der Waals surface area contributed by atoms with Gasteiger partial charge in [-0.3, -0.25) is 9.59 Å². The summed E-state index contributed by atoms with van der Waals surface area (Å²) in [7, 11) is 1.59. The monoisotopic (exact) mass is 446 g/mol. The van der Waals surface area contributed by atoms with Gasteiger partial charge in [0.2, 0.25) is 11.8 Å². The molecule has 2 amide bonds. The molecule has 30 heavy (non-hydrogen) atoms. The number of ether oxygens (including phenoxy) is 1. The molecule has 1 aliphatic rings. The quantitative estimate of drug-likeness (QED) is 0.615. The van der Waals surface area contributed by atoms with Crippen molar-refractivity contribution in [1.29, 1.82) is 0 Å². The highest BCUT2D eigenvalue weighted by Gasteiger charge is 2.23. The summed E-state index contributed by atoms with van der Waals surface area (Å²) in [5.74, 6) is 0.614. The molecule has 0 aromatic heterocycles. The molecule has 1 fully saturated rings. The highest BCUT2D eigenvalue weighted by atomic mass is 35.5. The molecule has 1 heterocycles. The van der Waals surface area contributed by atoms with Crippen LogP contribution in [0.15, 0.2) is 49.1 Å². The Labute approximate surface area is 186 Å². The van der Waals surface area contributed by atoms with Gasteiger partial charge in [-0.05, 0) is 47.9 Å². The number of hydrogen-bond acceptors (Lipinski definition) is 3. The minimum atomic E-state index is -0.0958. The van der Waals surface area contributed by atoms with Crippen molar-refractivity contribution < 1.29 is 14.3 Å². The Morgan fingerprint density at radius 2 is 1.80 bits per heavy atom. The maximum Gasteiger partial charge on any atom is 0.246 e. The first-order valence-electron chi connectivity index (χ1n) is 9.74. The Hall–Kier alpha value is -2.50. The van der Waals surface area contributed by atoms with Crippen LogP contribution in [0.25, 0.3) is 11.1 Å². The molecule has 5 nitrogen and oxygen atoms in total. The van der Waals surface area contributed by atoms with E-state index in [1.807, 2.05) is 30.3 Å². The second-order valence-corrected chi connectivity index (χ2v) is 7.91. The largest absolute Gasteiger partial charge is 0.496 e. The van der Waals surface area contributed by atoms with Crippen molar-refractivity contribution in [2.24, 2.45) is 0 Å². The number of nitrogens with zero attached hydrogens (tertiary/aromatic N) is 2. The van der Waals surface area contributed by atoms with Crippen LogP contribution in [0, 0.1) is 0 Å². The van der Waals surface area contributed by atoms with E-state index >= 15 is 0 Å². The maximum atomic E-state index is 12.7. The lowest BCUT2D eigenvalue weighted by atomic mass is 9.99. The Balaban J connectivity index is 1.70. The lowest BCUT2D eigenvalue weighted by molar-refractivity contribution is -0.137. The SMILES string of the molecule is C=CC(=O)N1CCN(C(=O)CCc2cc(-c3cccc(Cl)c3)c(Cl)cc2OC)CC1. The maximum absolute atomic E-state index is 12.7. The molecule has 1 aliphatic heterocycles. The lowest BCUT2D eigenvalue weighted by Gasteiger charge is -2.34. The Kier molecular flexibility index (Phi) is 7.40. The van der Waals surface area contributed by atoms with E-state index in [0.29, 0.717) is 54.8 Å². The zero-order valence-electron chi connectivity index (χ0n) is 16.9. The Morgan fingerprint density at radius 1 is 1.10 bits per heavy atom. The molecule has 1 saturated heterocycles. The second kappa shape index (κ2) is 10.0. The molecule has 2 aromatic carbocycles. The standard InChI is InChI=1S/C23H24Cl2N2O3/c1-3-22(28)26-9-11-27(12-10-26)23(29)8-7-17-14-19(20(25)15-21(17)30-2)16-5-4-6-18(24)13-16/h3-6,13-15H,1,7-12H2,2H3. The number of piperazine rings is 1. The van der Waals surface area contributed by atoms with Gasteiger partial charge < -0.3 is 14.5 Å². The minimum absolute atomic E-state index is 0.0574. The Morgan fingerprint density at radius 3 is 2.43 bits per heavy atom. The van der Waals surface area contributed by atoms with Crippen molar-refractivity contribution in [2.75, 3.05) is 33.3 Å². The molecule has 7 heteroatoms. The fraction of sp³-hybridized carbons (Fsp3) is 0.304. The van der Waals surface area contributed by atoms with Crippen molar-refractivity contribution in [1.82, 2.24) is 9.80 Å². The third kappa shape index (κ3) is 5.15. The highest BCUT2D eigenvalue weighted by Crippen LogP contribution is 2.35. The van der Waals surface area contributed by atoms with Gasteiger partial charge in [-0.2, -0.15) is 0 Å². The van der Waals surface area contributed by atoms with Crippen LogP contribution < -0.4 is 4.74 Å². The predicted octanol–water partition coefficient (Wildman–Crippen LogP) is 4.46. The summed E-state index contributed by atoms with van der Waals surface area (Å²) in [6.45, 7) is 5.63. The van der Waals surface area contributed by atoms with E-state index in [9.17, 15) is 9.59 Å². The third-order valence-electron chi connectivity index (χ3n) is 5.23. The Bertz CT molecular complexity index is 953. The van der Waals surface area contributed by atoms with Gasteiger partial charge in [-0.1, -0.05) is 41.9 Å². The predicted molar refractivity (Wildman–Crippen MR) is 120 cm³/mol. The smallest absolute Gasteiger partial charge is 0.246 e. The van der Waals surface area contributed by atoms with Crippen LogP contribution in [0.3, 0.4) is 0 Å². The number of aryl methyl sites for hydroxylation is 1. The summed E-state index contributed by atoms with van der Waals surface area (Å²) in [6, 6.07) is 11.2. The van der Waals surface area contributed by atoms with Crippen LogP contribution in [-0.2, 0) is 16.0 Å². The first-order chi connectivity index (χ1) is 14.4. The van der Waals surface area contributed by atoms with Crippen molar-refractivity contribution in [3.8, 4) is 16.9 Å². The van der Waals surface area contributed by atoms with E-state index in [2.05, 4.69) is 6.58 Å². The van der Waals surface area contributed by atoms with Gasteiger partial charge >= 0.3 is 0 Å². The van der Waals surface area contributed by atoms with Crippen LogP contribution in [-0.4, -0.2) is 54.9 Å². The van der Waals surface area contributed by atoms with Gasteiger partial charge in [-0.25, -0.2) is 0 Å². The number of carbonyl (C=O) groups is 2. The summed E-state index contributed by atoms with van der Waals surface area (Å²) < 4.78 is 5.48. The average Bonchev–Trinajstić information content (AvgIpc) is 2.77. The van der Waals surface area contributed by atoms with Gasteiger partial charge in [0.05, 0.1) is 12.1 Å². The normalized spacial score (nSPS) is 13.8. The topological polar surface area (TPSA) is 49.9 Å². The van der Waals surface area contributed by atoms with E-state index in [-0.39, 0.29) is 11.8 Å². The number of hydrogen-bond donors (Lipinski definition) is 0. The summed E-state index contributed by atoms with van der Waals surface area (Å²) in [6.07, 6.45) is 2.18. The third-order valence-corrected chi connectivity index (χ3v) is 5.78. The van der Waals surface area contributed by atoms with Gasteiger partial charge in [0.15, 0.2) is 0 Å². The first kappa shape index (κ1) is 22.2. The summed E-state index contributed by atoms with van der Waals surface area (Å²) in [5, 5.41) is 1.19. The average molecular weight is 447 g/mol. The number of carbonyl (C=O) groups excluding carboxylic acids is 2. The zero-order chi connectivity index (χ0) is 21.7. The number of amides is 2. The summed E-state index contributed by atoms with van der Waals surface area (Å²) >= 11 is 12.6. The van der Waals surface area contributed by atoms with Gasteiger partial charge in [-0.15, -0.1) is 0 Å². The molecule has 0 saturated carbocycles. The van der Waals surface area contributed by atoms with E-state index in [4.69, 9.17) is 27.9 Å². The van der Waals surface area contributed by atoms with Crippen molar-refractivity contribution in [2.45, 2.75) is 12.8 Å². The second-order valence-electron chi connectivity index (χ2n) is 7.06. The molecule has 0 unspecified atom stereocenters. The molecule has 0 bridgehead atoms. The van der Waals surface area contributed by atoms with Crippen LogP contribution in [0.1, 0.15) is 12.0 Å². The van der Waals surface area contributed by atoms with Crippen LogP contribution in [0.4, 0.5) is 0 Å². The summed E-state index contributed by atoms with van der Waals surface area (Å²) in [5.41, 5.74) is 2.66. The molecule has 0 aliphatic carbocycles. The molecule has 0 N–H and O–H groups in total. The van der Waals surface area contributed by atoms with E-state index in [1.54, 1.807) is 23.0 Å². The molecular weight excluding hydrogens is 423 g/mol. The zero-order valence-corrected chi connectivity index (χ0v) is 18.4. The highest BCUT2D eigenvalue weighted by molar-refractivity contribution is 6.34. The van der Waals surface area contributed by atoms with Crippen molar-refractivity contribution in [3.05, 3.63) is 64.7 Å². The minimum Gasteiger partial charge on any atom is -0.496 e. The molecule has 3 rings (SSSR count). The van der Waals surface area contributed by atoms with E-state index in [0.717, 1.165) is 16.7 Å². The molecule has 158 valence electrons.